The highest BCUT2D eigenvalue weighted by Gasteiger charge is 2.42. The van der Waals surface area contributed by atoms with Crippen LogP contribution in [0.1, 0.15) is 34.2 Å². The molecule has 1 N–H and O–H groups in total. The van der Waals surface area contributed by atoms with Gasteiger partial charge in [-0.05, 0) is 35.7 Å². The molecule has 3 unspecified atom stereocenters. The van der Waals surface area contributed by atoms with E-state index < -0.39 is 0 Å². The Balaban J connectivity index is 2.02. The first kappa shape index (κ1) is 12.1. The summed E-state index contributed by atoms with van der Waals surface area (Å²) >= 11 is 0. The maximum atomic E-state index is 9.92. The second-order valence-corrected chi connectivity index (χ2v) is 5.94. The highest BCUT2D eigenvalue weighted by atomic mass is 16.3. The fraction of sp³-hybridized carbons (Fsp3) is 0.333. The van der Waals surface area contributed by atoms with E-state index in [2.05, 4.69) is 60.5 Å². The molecule has 0 radical (unpaired) electrons. The lowest BCUT2D eigenvalue weighted by molar-refractivity contribution is 0.0901. The number of fused-ring (bicyclic) bond motifs is 1. The summed E-state index contributed by atoms with van der Waals surface area (Å²) < 4.78 is 0. The summed E-state index contributed by atoms with van der Waals surface area (Å²) in [4.78, 5) is 2.37. The van der Waals surface area contributed by atoms with Gasteiger partial charge in [-0.3, -0.25) is 4.90 Å². The number of aliphatic hydroxyl groups excluding tert-OH is 1. The maximum Gasteiger partial charge on any atom is 0.0596 e. The Morgan fingerprint density at radius 3 is 2.40 bits per heavy atom. The van der Waals surface area contributed by atoms with Crippen LogP contribution in [0.4, 0.5) is 0 Å². The number of nitrogens with zero attached hydrogens (tertiary/aromatic N) is 1. The lowest BCUT2D eigenvalue weighted by atomic mass is 9.79. The zero-order chi connectivity index (χ0) is 13.7. The standard InChI is InChI=1S/C18H19NO/c1-19-16-10-12-6-2-3-7-13(12)18(17(19)11-20)15-9-5-4-8-14(15)16/h2-9,16-18,20H,10-11H2,1H3. The van der Waals surface area contributed by atoms with Crippen LogP contribution in [0.25, 0.3) is 0 Å². The predicted octanol–water partition coefficient (Wildman–Crippen LogP) is 2.72. The van der Waals surface area contributed by atoms with Crippen molar-refractivity contribution in [3.05, 3.63) is 70.8 Å². The molecule has 2 heteroatoms. The number of aliphatic hydroxyl groups is 1. The molecule has 0 aromatic heterocycles. The average Bonchev–Trinajstić information content (AvgIpc) is 2.71. The zero-order valence-electron chi connectivity index (χ0n) is 11.7. The molecule has 0 spiro atoms. The summed E-state index contributed by atoms with van der Waals surface area (Å²) in [5.74, 6) is 0.288. The van der Waals surface area contributed by atoms with Crippen LogP contribution in [-0.2, 0) is 6.42 Å². The molecule has 0 saturated carbocycles. The molecule has 2 heterocycles. The summed E-state index contributed by atoms with van der Waals surface area (Å²) in [7, 11) is 2.15. The van der Waals surface area contributed by atoms with Crippen molar-refractivity contribution in [1.82, 2.24) is 4.90 Å². The number of likely N-dealkylation sites (N-methyl/N-ethyl adjacent to an activating group) is 1. The number of rotatable bonds is 1. The van der Waals surface area contributed by atoms with Gasteiger partial charge in [-0.25, -0.2) is 0 Å². The van der Waals surface area contributed by atoms with Crippen molar-refractivity contribution < 1.29 is 5.11 Å². The van der Waals surface area contributed by atoms with E-state index in [-0.39, 0.29) is 18.6 Å². The molecule has 3 aliphatic rings. The van der Waals surface area contributed by atoms with E-state index in [1.165, 1.54) is 22.3 Å². The molecule has 2 bridgehead atoms. The van der Waals surface area contributed by atoms with Gasteiger partial charge in [-0.2, -0.15) is 0 Å². The van der Waals surface area contributed by atoms with Crippen LogP contribution in [0, 0.1) is 0 Å². The van der Waals surface area contributed by atoms with Crippen LogP contribution >= 0.6 is 0 Å². The van der Waals surface area contributed by atoms with Gasteiger partial charge in [0, 0.05) is 18.0 Å². The van der Waals surface area contributed by atoms with Crippen LogP contribution in [0.5, 0.6) is 0 Å². The Kier molecular flexibility index (Phi) is 2.69. The van der Waals surface area contributed by atoms with Gasteiger partial charge < -0.3 is 5.11 Å². The van der Waals surface area contributed by atoms with E-state index in [9.17, 15) is 5.11 Å². The van der Waals surface area contributed by atoms with E-state index in [0.717, 1.165) is 6.42 Å². The molecule has 0 saturated heterocycles. The Bertz CT molecular complexity index is 651. The van der Waals surface area contributed by atoms with Gasteiger partial charge in [0.1, 0.15) is 0 Å². The van der Waals surface area contributed by atoms with Crippen molar-refractivity contribution >= 4 is 0 Å². The summed E-state index contributed by atoms with van der Waals surface area (Å²) in [5, 5.41) is 9.92. The molecule has 2 aromatic rings. The molecule has 0 fully saturated rings. The minimum absolute atomic E-state index is 0.179. The van der Waals surface area contributed by atoms with Crippen molar-refractivity contribution in [2.75, 3.05) is 13.7 Å². The summed E-state index contributed by atoms with van der Waals surface area (Å²) in [6, 6.07) is 18.0. The highest BCUT2D eigenvalue weighted by molar-refractivity contribution is 5.50. The fourth-order valence-electron chi connectivity index (χ4n) is 4.09. The van der Waals surface area contributed by atoms with Crippen LogP contribution in [0.2, 0.25) is 0 Å². The second kappa shape index (κ2) is 4.44. The van der Waals surface area contributed by atoms with Crippen LogP contribution in [0.15, 0.2) is 48.5 Å². The first-order valence-corrected chi connectivity index (χ1v) is 7.30. The summed E-state index contributed by atoms with van der Waals surface area (Å²) in [5.41, 5.74) is 5.66. The van der Waals surface area contributed by atoms with Crippen molar-refractivity contribution in [1.29, 1.82) is 0 Å². The van der Waals surface area contributed by atoms with Crippen LogP contribution < -0.4 is 0 Å². The van der Waals surface area contributed by atoms with E-state index in [0.29, 0.717) is 6.04 Å². The van der Waals surface area contributed by atoms with Crippen LogP contribution in [0.3, 0.4) is 0 Å². The Morgan fingerprint density at radius 2 is 1.65 bits per heavy atom. The Morgan fingerprint density at radius 1 is 1.00 bits per heavy atom. The number of hydrogen-bond donors (Lipinski definition) is 1. The lowest BCUT2D eigenvalue weighted by Crippen LogP contribution is -2.45. The van der Waals surface area contributed by atoms with Gasteiger partial charge in [0.05, 0.1) is 6.61 Å². The molecular formula is C18H19NO. The van der Waals surface area contributed by atoms with Crippen molar-refractivity contribution in [3.8, 4) is 0 Å². The van der Waals surface area contributed by atoms with E-state index in [1.807, 2.05) is 0 Å². The van der Waals surface area contributed by atoms with Crippen molar-refractivity contribution in [3.63, 3.8) is 0 Å². The van der Waals surface area contributed by atoms with Gasteiger partial charge in [-0.15, -0.1) is 0 Å². The van der Waals surface area contributed by atoms with Gasteiger partial charge in [-0.1, -0.05) is 48.5 Å². The molecule has 5 rings (SSSR count). The summed E-state index contributed by atoms with van der Waals surface area (Å²) in [6.07, 6.45) is 1.04. The molecule has 3 atom stereocenters. The normalized spacial score (nSPS) is 27.8. The van der Waals surface area contributed by atoms with Gasteiger partial charge in [0.15, 0.2) is 0 Å². The van der Waals surface area contributed by atoms with E-state index in [1.54, 1.807) is 0 Å². The Hall–Kier alpha value is -1.64. The van der Waals surface area contributed by atoms with Crippen molar-refractivity contribution in [2.45, 2.75) is 24.4 Å². The zero-order valence-corrected chi connectivity index (χ0v) is 11.7. The SMILES string of the molecule is CN1C2Cc3ccccc3C(c3ccccc32)C1CO. The maximum absolute atomic E-state index is 9.92. The fourth-order valence-corrected chi connectivity index (χ4v) is 4.09. The first-order valence-electron chi connectivity index (χ1n) is 7.30. The quantitative estimate of drug-likeness (QED) is 0.857. The third-order valence-corrected chi connectivity index (χ3v) is 5.08. The van der Waals surface area contributed by atoms with E-state index >= 15 is 0 Å². The Labute approximate surface area is 119 Å². The van der Waals surface area contributed by atoms with Gasteiger partial charge in [0.2, 0.25) is 0 Å². The molecular weight excluding hydrogens is 246 g/mol. The minimum atomic E-state index is 0.179. The smallest absolute Gasteiger partial charge is 0.0596 e. The monoisotopic (exact) mass is 265 g/mol. The molecule has 1 aliphatic carbocycles. The third kappa shape index (κ3) is 1.52. The third-order valence-electron chi connectivity index (χ3n) is 5.08. The largest absolute Gasteiger partial charge is 0.395 e. The molecule has 102 valence electrons. The van der Waals surface area contributed by atoms with Gasteiger partial charge in [0.25, 0.3) is 0 Å². The molecule has 2 aliphatic heterocycles. The molecule has 0 amide bonds. The molecule has 20 heavy (non-hydrogen) atoms. The highest BCUT2D eigenvalue weighted by Crippen LogP contribution is 2.48. The number of benzene rings is 2. The average molecular weight is 265 g/mol. The number of hydrogen-bond acceptors (Lipinski definition) is 2. The van der Waals surface area contributed by atoms with Crippen molar-refractivity contribution in [2.24, 2.45) is 0 Å². The first-order chi connectivity index (χ1) is 9.81. The lowest BCUT2D eigenvalue weighted by Gasteiger charge is -2.42. The van der Waals surface area contributed by atoms with E-state index in [4.69, 9.17) is 0 Å². The minimum Gasteiger partial charge on any atom is -0.395 e. The molecule has 2 aromatic carbocycles. The predicted molar refractivity (Wildman–Crippen MR) is 79.8 cm³/mol. The van der Waals surface area contributed by atoms with Gasteiger partial charge >= 0.3 is 0 Å². The van der Waals surface area contributed by atoms with Crippen LogP contribution in [-0.4, -0.2) is 29.7 Å². The topological polar surface area (TPSA) is 23.5 Å². The molecule has 2 nitrogen and oxygen atoms in total. The summed E-state index contributed by atoms with van der Waals surface area (Å²) in [6.45, 7) is 0.209. The second-order valence-electron chi connectivity index (χ2n) is 5.94.